The van der Waals surface area contributed by atoms with Crippen LogP contribution in [0.25, 0.3) is 0 Å². The van der Waals surface area contributed by atoms with Crippen LogP contribution < -0.4 is 0 Å². The molecule has 0 amide bonds. The van der Waals surface area contributed by atoms with Gasteiger partial charge in [0.05, 0.1) is 10.9 Å². The molecule has 1 heterocycles. The lowest BCUT2D eigenvalue weighted by atomic mass is 10.0. The average molecular weight is 197 g/mol. The van der Waals surface area contributed by atoms with Crippen molar-refractivity contribution >= 4 is 15.9 Å². The first-order chi connectivity index (χ1) is 4.13. The van der Waals surface area contributed by atoms with E-state index in [0.29, 0.717) is 6.61 Å². The highest BCUT2D eigenvalue weighted by molar-refractivity contribution is 9.10. The number of hydrogen-bond acceptors (Lipinski definition) is 1. The molecule has 0 aromatic heterocycles. The summed E-state index contributed by atoms with van der Waals surface area (Å²) >= 11 is 3.26. The van der Waals surface area contributed by atoms with Crippen LogP contribution in [-0.4, -0.2) is 17.3 Å². The second-order valence-corrected chi connectivity index (χ2v) is 4.38. The monoisotopic (exact) mass is 196 g/mol. The van der Waals surface area contributed by atoms with Gasteiger partial charge in [-0.2, -0.15) is 0 Å². The van der Waals surface area contributed by atoms with Crippen LogP contribution in [0.1, 0.15) is 19.8 Å². The van der Waals surface area contributed by atoms with E-state index >= 15 is 0 Å². The molecule has 0 bridgehead atoms. The molecule has 1 aliphatic rings. The molecule has 2 atom stereocenters. The third-order valence-electron chi connectivity index (χ3n) is 1.55. The van der Waals surface area contributed by atoms with E-state index in [1.54, 1.807) is 0 Å². The van der Waals surface area contributed by atoms with Crippen molar-refractivity contribution in [2.75, 3.05) is 6.61 Å². The molecule has 0 spiro atoms. The van der Waals surface area contributed by atoms with E-state index in [1.807, 2.05) is 6.92 Å². The number of ether oxygens (including phenoxy) is 1. The van der Waals surface area contributed by atoms with E-state index in [2.05, 4.69) is 15.9 Å². The van der Waals surface area contributed by atoms with E-state index in [0.717, 1.165) is 12.8 Å². The highest BCUT2D eigenvalue weighted by atomic mass is 79.9. The molecule has 0 aliphatic carbocycles. The van der Waals surface area contributed by atoms with Crippen LogP contribution in [0.4, 0.5) is 4.39 Å². The zero-order valence-corrected chi connectivity index (χ0v) is 6.95. The summed E-state index contributed by atoms with van der Waals surface area (Å²) < 4.78 is 17.0. The summed E-state index contributed by atoms with van der Waals surface area (Å²) in [6.45, 7) is 2.37. The Morgan fingerprint density at radius 1 is 1.78 bits per heavy atom. The Kier molecular flexibility index (Phi) is 2.11. The Bertz CT molecular complexity index is 105. The molecule has 0 N–H and O–H groups in total. The summed E-state index contributed by atoms with van der Waals surface area (Å²) in [5.41, 5.74) is 0. The minimum atomic E-state index is -1.13. The highest BCUT2D eigenvalue weighted by Gasteiger charge is 2.35. The molecule has 0 radical (unpaired) electrons. The number of halogens is 2. The molecular weight excluding hydrogens is 187 g/mol. The molecule has 54 valence electrons. The fraction of sp³-hybridized carbons (Fsp3) is 1.00. The smallest absolute Gasteiger partial charge is 0.214 e. The van der Waals surface area contributed by atoms with Gasteiger partial charge in [0, 0.05) is 0 Å². The van der Waals surface area contributed by atoms with Gasteiger partial charge < -0.3 is 4.74 Å². The van der Waals surface area contributed by atoms with Crippen molar-refractivity contribution in [3.63, 3.8) is 0 Å². The van der Waals surface area contributed by atoms with E-state index in [4.69, 9.17) is 4.74 Å². The topological polar surface area (TPSA) is 9.23 Å². The number of hydrogen-bond donors (Lipinski definition) is 0. The zero-order valence-electron chi connectivity index (χ0n) is 5.36. The van der Waals surface area contributed by atoms with Crippen molar-refractivity contribution in [2.45, 2.75) is 30.4 Å². The number of rotatable bonds is 0. The van der Waals surface area contributed by atoms with Gasteiger partial charge in [0.25, 0.3) is 0 Å². The predicted molar refractivity (Wildman–Crippen MR) is 37.4 cm³/mol. The quantitative estimate of drug-likeness (QED) is 0.541. The minimum Gasteiger partial charge on any atom is -0.347 e. The molecule has 0 aromatic carbocycles. The summed E-state index contributed by atoms with van der Waals surface area (Å²) in [5.74, 6) is 0. The number of alkyl halides is 2. The van der Waals surface area contributed by atoms with Crippen LogP contribution in [0, 0.1) is 0 Å². The maximum absolute atomic E-state index is 12.7. The predicted octanol–water partition coefficient (Wildman–Crippen LogP) is 2.25. The first-order valence-electron chi connectivity index (χ1n) is 3.07. The van der Waals surface area contributed by atoms with Crippen LogP contribution in [0.3, 0.4) is 0 Å². The SMILES string of the molecule is C[C@@]1(Br)CCCO[C@H]1F. The van der Waals surface area contributed by atoms with Gasteiger partial charge in [-0.3, -0.25) is 0 Å². The molecule has 1 fully saturated rings. The molecule has 9 heavy (non-hydrogen) atoms. The summed E-state index contributed by atoms with van der Waals surface area (Å²) in [7, 11) is 0. The largest absolute Gasteiger partial charge is 0.347 e. The van der Waals surface area contributed by atoms with Crippen molar-refractivity contribution in [2.24, 2.45) is 0 Å². The lowest BCUT2D eigenvalue weighted by molar-refractivity contribution is -0.0857. The Hall–Kier alpha value is 0.370. The fourth-order valence-corrected chi connectivity index (χ4v) is 1.30. The second kappa shape index (κ2) is 2.54. The Morgan fingerprint density at radius 2 is 2.44 bits per heavy atom. The fourth-order valence-electron chi connectivity index (χ4n) is 0.892. The van der Waals surface area contributed by atoms with E-state index < -0.39 is 10.7 Å². The van der Waals surface area contributed by atoms with Crippen LogP contribution in [0.2, 0.25) is 0 Å². The van der Waals surface area contributed by atoms with Crippen molar-refractivity contribution in [3.8, 4) is 0 Å². The van der Waals surface area contributed by atoms with Gasteiger partial charge in [-0.05, 0) is 19.8 Å². The Balaban J connectivity index is 2.49. The van der Waals surface area contributed by atoms with Crippen LogP contribution in [-0.2, 0) is 4.74 Å². The van der Waals surface area contributed by atoms with Gasteiger partial charge in [0.2, 0.25) is 6.36 Å². The van der Waals surface area contributed by atoms with Crippen molar-refractivity contribution in [1.29, 1.82) is 0 Å². The molecular formula is C6H10BrFO. The van der Waals surface area contributed by atoms with E-state index in [9.17, 15) is 4.39 Å². The molecule has 1 rings (SSSR count). The summed E-state index contributed by atoms with van der Waals surface area (Å²) in [6, 6.07) is 0. The van der Waals surface area contributed by atoms with Crippen LogP contribution in [0.5, 0.6) is 0 Å². The van der Waals surface area contributed by atoms with Gasteiger partial charge in [-0.25, -0.2) is 4.39 Å². The summed E-state index contributed by atoms with van der Waals surface area (Å²) in [6.07, 6.45) is 0.669. The van der Waals surface area contributed by atoms with E-state index in [1.165, 1.54) is 0 Å². The van der Waals surface area contributed by atoms with Gasteiger partial charge in [-0.15, -0.1) is 0 Å². The third kappa shape index (κ3) is 1.64. The van der Waals surface area contributed by atoms with Gasteiger partial charge in [0.1, 0.15) is 0 Å². The normalized spacial score (nSPS) is 45.0. The van der Waals surface area contributed by atoms with E-state index in [-0.39, 0.29) is 0 Å². The summed E-state index contributed by atoms with van der Waals surface area (Å²) in [4.78, 5) is 0. The highest BCUT2D eigenvalue weighted by Crippen LogP contribution is 2.33. The molecule has 1 aliphatic heterocycles. The molecule has 1 nitrogen and oxygen atoms in total. The molecule has 1 saturated heterocycles. The van der Waals surface area contributed by atoms with Gasteiger partial charge in [-0.1, -0.05) is 15.9 Å². The first kappa shape index (κ1) is 7.48. The average Bonchev–Trinajstić information content (AvgIpc) is 1.77. The van der Waals surface area contributed by atoms with Crippen LogP contribution >= 0.6 is 15.9 Å². The second-order valence-electron chi connectivity index (χ2n) is 2.57. The third-order valence-corrected chi connectivity index (χ3v) is 2.30. The maximum atomic E-state index is 12.7. The minimum absolute atomic E-state index is 0.439. The van der Waals surface area contributed by atoms with Gasteiger partial charge >= 0.3 is 0 Å². The Morgan fingerprint density at radius 3 is 2.78 bits per heavy atom. The lowest BCUT2D eigenvalue weighted by Gasteiger charge is -2.30. The van der Waals surface area contributed by atoms with Crippen molar-refractivity contribution in [3.05, 3.63) is 0 Å². The van der Waals surface area contributed by atoms with Crippen molar-refractivity contribution in [1.82, 2.24) is 0 Å². The maximum Gasteiger partial charge on any atom is 0.214 e. The molecule has 3 heteroatoms. The first-order valence-corrected chi connectivity index (χ1v) is 3.87. The standard InChI is InChI=1S/C6H10BrFO/c1-6(7)3-2-4-9-5(6)8/h5H,2-4H2,1H3/t5-,6-/m1/s1. The zero-order chi connectivity index (χ0) is 6.91. The lowest BCUT2D eigenvalue weighted by Crippen LogP contribution is -2.36. The Labute approximate surface area is 62.7 Å². The molecule has 0 saturated carbocycles. The molecule has 0 unspecified atom stereocenters. The van der Waals surface area contributed by atoms with Gasteiger partial charge in [0.15, 0.2) is 0 Å². The van der Waals surface area contributed by atoms with Crippen LogP contribution in [0.15, 0.2) is 0 Å². The van der Waals surface area contributed by atoms with Crippen molar-refractivity contribution < 1.29 is 9.13 Å². The molecule has 0 aromatic rings. The summed E-state index contributed by atoms with van der Waals surface area (Å²) in [5, 5.41) is 0.